The second-order valence-corrected chi connectivity index (χ2v) is 2.44. The maximum absolute atomic E-state index is 9.12. The average Bonchev–Trinajstić information content (AvgIpc) is 2.07. The van der Waals surface area contributed by atoms with Crippen molar-refractivity contribution >= 4 is 5.57 Å². The fourth-order valence-corrected chi connectivity index (χ4v) is 0.959. The topological polar surface area (TPSA) is 44.0 Å². The summed E-state index contributed by atoms with van der Waals surface area (Å²) in [5.74, 6) is 0.0590. The van der Waals surface area contributed by atoms with Crippen LogP contribution in [0.25, 0.3) is 5.57 Å². The van der Waals surface area contributed by atoms with Crippen LogP contribution in [-0.2, 0) is 0 Å². The molecule has 1 N–H and O–H groups in total. The Kier molecular flexibility index (Phi) is 2.49. The largest absolute Gasteiger partial charge is 0.511 e. The Hall–Kier alpha value is -1.75. The number of nitrogens with zero attached hydrogens (tertiary/aromatic N) is 1. The maximum atomic E-state index is 9.12. The van der Waals surface area contributed by atoms with Gasteiger partial charge >= 0.3 is 0 Å². The van der Waals surface area contributed by atoms with Gasteiger partial charge in [-0.3, -0.25) is 0 Å². The van der Waals surface area contributed by atoms with E-state index in [9.17, 15) is 0 Å². The van der Waals surface area contributed by atoms with Gasteiger partial charge in [0.2, 0.25) is 0 Å². The molecule has 0 aliphatic rings. The van der Waals surface area contributed by atoms with E-state index in [0.29, 0.717) is 5.57 Å². The monoisotopic (exact) mass is 159 g/mol. The number of allylic oxidation sites excluding steroid dienone is 2. The van der Waals surface area contributed by atoms with Gasteiger partial charge in [0.05, 0.1) is 5.57 Å². The second-order valence-electron chi connectivity index (χ2n) is 2.44. The lowest BCUT2D eigenvalue weighted by Gasteiger charge is -1.98. The van der Waals surface area contributed by atoms with Gasteiger partial charge in [-0.2, -0.15) is 5.26 Å². The minimum atomic E-state index is 0.0590. The van der Waals surface area contributed by atoms with Gasteiger partial charge < -0.3 is 5.11 Å². The average molecular weight is 159 g/mol. The van der Waals surface area contributed by atoms with Crippen LogP contribution in [-0.4, -0.2) is 5.11 Å². The third-order valence-corrected chi connectivity index (χ3v) is 1.54. The van der Waals surface area contributed by atoms with Crippen molar-refractivity contribution < 1.29 is 5.11 Å². The Balaban J connectivity index is 3.17. The summed E-state index contributed by atoms with van der Waals surface area (Å²) in [4.78, 5) is 0. The summed E-state index contributed by atoms with van der Waals surface area (Å²) >= 11 is 0. The van der Waals surface area contributed by atoms with Gasteiger partial charge in [-0.15, -0.1) is 0 Å². The van der Waals surface area contributed by atoms with Crippen LogP contribution in [0.4, 0.5) is 0 Å². The van der Waals surface area contributed by atoms with E-state index in [2.05, 4.69) is 0 Å². The molecule has 0 unspecified atom stereocenters. The zero-order chi connectivity index (χ0) is 8.97. The molecular weight excluding hydrogens is 150 g/mol. The number of hydrogen-bond donors (Lipinski definition) is 1. The first-order valence-electron chi connectivity index (χ1n) is 3.61. The van der Waals surface area contributed by atoms with Crippen LogP contribution in [0.15, 0.2) is 36.1 Å². The predicted octanol–water partition coefficient (Wildman–Crippen LogP) is 2.50. The number of nitriles is 1. The van der Waals surface area contributed by atoms with E-state index in [4.69, 9.17) is 10.4 Å². The number of aliphatic hydroxyl groups excluding tert-OH is 1. The minimum Gasteiger partial charge on any atom is -0.511 e. The van der Waals surface area contributed by atoms with Gasteiger partial charge in [-0.1, -0.05) is 30.3 Å². The third kappa shape index (κ3) is 1.64. The molecule has 2 nitrogen and oxygen atoms in total. The lowest BCUT2D eigenvalue weighted by molar-refractivity contribution is 0.418. The van der Waals surface area contributed by atoms with Crippen molar-refractivity contribution in [3.63, 3.8) is 0 Å². The highest BCUT2D eigenvalue weighted by Crippen LogP contribution is 2.15. The number of aliphatic hydroxyl groups is 1. The van der Waals surface area contributed by atoms with Crippen LogP contribution in [0, 0.1) is 11.3 Å². The summed E-state index contributed by atoms with van der Waals surface area (Å²) in [5.41, 5.74) is 1.08. The quantitative estimate of drug-likeness (QED) is 0.505. The van der Waals surface area contributed by atoms with Crippen molar-refractivity contribution in [2.24, 2.45) is 0 Å². The van der Waals surface area contributed by atoms with Crippen LogP contribution in [0.5, 0.6) is 0 Å². The van der Waals surface area contributed by atoms with Crippen LogP contribution in [0.3, 0.4) is 0 Å². The van der Waals surface area contributed by atoms with Gasteiger partial charge in [0.25, 0.3) is 0 Å². The predicted molar refractivity (Wildman–Crippen MR) is 47.3 cm³/mol. The van der Waals surface area contributed by atoms with Crippen molar-refractivity contribution in [1.29, 1.82) is 5.26 Å². The third-order valence-electron chi connectivity index (χ3n) is 1.54. The summed E-state index contributed by atoms with van der Waals surface area (Å²) in [5, 5.41) is 17.8. The molecule has 0 spiro atoms. The number of hydrogen-bond acceptors (Lipinski definition) is 2. The zero-order valence-corrected chi connectivity index (χ0v) is 6.78. The molecule has 1 rings (SSSR count). The van der Waals surface area contributed by atoms with Crippen LogP contribution in [0.2, 0.25) is 0 Å². The molecule has 0 bridgehead atoms. The summed E-state index contributed by atoms with van der Waals surface area (Å²) in [7, 11) is 0. The van der Waals surface area contributed by atoms with E-state index in [0.717, 1.165) is 5.56 Å². The fraction of sp³-hybridized carbons (Fsp3) is 0.100. The van der Waals surface area contributed by atoms with E-state index in [1.165, 1.54) is 6.92 Å². The van der Waals surface area contributed by atoms with Crippen molar-refractivity contribution in [1.82, 2.24) is 0 Å². The fourth-order valence-electron chi connectivity index (χ4n) is 0.959. The Bertz CT molecular complexity index is 329. The molecule has 1 aromatic rings. The standard InChI is InChI=1S/C10H9NO/c1-8(12)10(7-11)9-5-3-2-4-6-9/h2-6,12H,1H3/b10-8-. The van der Waals surface area contributed by atoms with Gasteiger partial charge in [-0.05, 0) is 12.5 Å². The van der Waals surface area contributed by atoms with Crippen LogP contribution in [0.1, 0.15) is 12.5 Å². The molecule has 0 heterocycles. The molecule has 0 saturated carbocycles. The Morgan fingerprint density at radius 3 is 2.33 bits per heavy atom. The lowest BCUT2D eigenvalue weighted by Crippen LogP contribution is -1.84. The van der Waals surface area contributed by atoms with E-state index in [-0.39, 0.29) is 5.76 Å². The highest BCUT2D eigenvalue weighted by Gasteiger charge is 2.02. The number of benzene rings is 1. The Morgan fingerprint density at radius 2 is 1.92 bits per heavy atom. The molecule has 2 heteroatoms. The first kappa shape index (κ1) is 8.35. The lowest BCUT2D eigenvalue weighted by atomic mass is 10.1. The molecule has 0 fully saturated rings. The molecule has 1 aromatic carbocycles. The van der Waals surface area contributed by atoms with Crippen LogP contribution >= 0.6 is 0 Å². The molecule has 0 atom stereocenters. The van der Waals surface area contributed by atoms with E-state index >= 15 is 0 Å². The second kappa shape index (κ2) is 3.59. The van der Waals surface area contributed by atoms with E-state index in [1.54, 1.807) is 12.1 Å². The Morgan fingerprint density at radius 1 is 1.33 bits per heavy atom. The smallest absolute Gasteiger partial charge is 0.107 e. The van der Waals surface area contributed by atoms with Crippen molar-refractivity contribution in [3.8, 4) is 6.07 Å². The zero-order valence-electron chi connectivity index (χ0n) is 6.78. The molecule has 60 valence electrons. The van der Waals surface area contributed by atoms with E-state index in [1.807, 2.05) is 24.3 Å². The Labute approximate surface area is 71.4 Å². The van der Waals surface area contributed by atoms with Gasteiger partial charge in [0.15, 0.2) is 0 Å². The van der Waals surface area contributed by atoms with Crippen LogP contribution < -0.4 is 0 Å². The summed E-state index contributed by atoms with van der Waals surface area (Å²) in [6.07, 6.45) is 0. The number of rotatable bonds is 1. The summed E-state index contributed by atoms with van der Waals surface area (Å²) in [6.45, 7) is 1.51. The molecule has 0 aromatic heterocycles. The summed E-state index contributed by atoms with van der Waals surface area (Å²) in [6, 6.07) is 11.1. The van der Waals surface area contributed by atoms with Gasteiger partial charge in [0.1, 0.15) is 11.8 Å². The maximum Gasteiger partial charge on any atom is 0.107 e. The minimum absolute atomic E-state index is 0.0590. The van der Waals surface area contributed by atoms with Crippen molar-refractivity contribution in [2.75, 3.05) is 0 Å². The normalized spacial score (nSPS) is 11.7. The van der Waals surface area contributed by atoms with Crippen molar-refractivity contribution in [3.05, 3.63) is 41.7 Å². The molecule has 0 aliphatic carbocycles. The van der Waals surface area contributed by atoms with Gasteiger partial charge in [-0.25, -0.2) is 0 Å². The first-order valence-corrected chi connectivity index (χ1v) is 3.61. The highest BCUT2D eigenvalue weighted by atomic mass is 16.3. The highest BCUT2D eigenvalue weighted by molar-refractivity contribution is 5.77. The summed E-state index contributed by atoms with van der Waals surface area (Å²) < 4.78 is 0. The molecule has 0 radical (unpaired) electrons. The SMILES string of the molecule is C/C(O)=C(\C#N)c1ccccc1. The molecule has 0 aliphatic heterocycles. The molecule has 12 heavy (non-hydrogen) atoms. The molecule has 0 amide bonds. The molecule has 0 saturated heterocycles. The van der Waals surface area contributed by atoms with Crippen molar-refractivity contribution in [2.45, 2.75) is 6.92 Å². The molecular formula is C10H9NO. The first-order chi connectivity index (χ1) is 5.75. The van der Waals surface area contributed by atoms with E-state index < -0.39 is 0 Å². The van der Waals surface area contributed by atoms with Gasteiger partial charge in [0, 0.05) is 0 Å².